The van der Waals surface area contributed by atoms with Gasteiger partial charge in [-0.3, -0.25) is 5.32 Å². The maximum Gasteiger partial charge on any atom is 0.321 e. The molecule has 10 heteroatoms. The summed E-state index contributed by atoms with van der Waals surface area (Å²) in [6, 6.07) is 3.49. The molecular formula is C11H10N6O2S2. The predicted octanol–water partition coefficient (Wildman–Crippen LogP) is 2.28. The number of aryl methyl sites for hydroxylation is 1. The lowest BCUT2D eigenvalue weighted by molar-refractivity contribution is 0.250. The Balaban J connectivity index is 1.55. The zero-order chi connectivity index (χ0) is 14.7. The number of hydrogen-bond acceptors (Lipinski definition) is 8. The average Bonchev–Trinajstić information content (AvgIpc) is 3.16. The summed E-state index contributed by atoms with van der Waals surface area (Å²) in [6.45, 7) is 1.84. The van der Waals surface area contributed by atoms with Crippen molar-refractivity contribution < 1.29 is 9.21 Å². The molecule has 21 heavy (non-hydrogen) atoms. The first-order valence-corrected chi connectivity index (χ1v) is 7.61. The van der Waals surface area contributed by atoms with Crippen LogP contribution in [0.4, 0.5) is 9.93 Å². The number of nitrogens with zero attached hydrogens (tertiary/aromatic N) is 4. The summed E-state index contributed by atoms with van der Waals surface area (Å²) in [4.78, 5) is 12.7. The SMILES string of the molecule is Cc1nnc(CNC(=O)Nc2nnc(-c3cccs3)s2)o1. The Labute approximate surface area is 127 Å². The van der Waals surface area contributed by atoms with Gasteiger partial charge in [0.2, 0.25) is 16.9 Å². The van der Waals surface area contributed by atoms with Crippen LogP contribution in [-0.4, -0.2) is 26.4 Å². The van der Waals surface area contributed by atoms with Gasteiger partial charge in [-0.05, 0) is 11.4 Å². The van der Waals surface area contributed by atoms with Gasteiger partial charge in [0.1, 0.15) is 0 Å². The largest absolute Gasteiger partial charge is 0.424 e. The number of rotatable bonds is 4. The molecule has 0 aliphatic heterocycles. The van der Waals surface area contributed by atoms with Gasteiger partial charge in [0, 0.05) is 6.92 Å². The quantitative estimate of drug-likeness (QED) is 0.763. The Morgan fingerprint density at radius 3 is 2.95 bits per heavy atom. The maximum absolute atomic E-state index is 11.7. The minimum Gasteiger partial charge on any atom is -0.424 e. The van der Waals surface area contributed by atoms with E-state index in [2.05, 4.69) is 31.0 Å². The first-order valence-electron chi connectivity index (χ1n) is 5.92. The molecule has 0 spiro atoms. The van der Waals surface area contributed by atoms with Gasteiger partial charge in [-0.15, -0.1) is 31.7 Å². The molecule has 0 aliphatic carbocycles. The van der Waals surface area contributed by atoms with E-state index in [1.807, 2.05) is 17.5 Å². The van der Waals surface area contributed by atoms with E-state index < -0.39 is 6.03 Å². The van der Waals surface area contributed by atoms with Crippen LogP contribution >= 0.6 is 22.7 Å². The summed E-state index contributed by atoms with van der Waals surface area (Å²) in [5.74, 6) is 0.802. The highest BCUT2D eigenvalue weighted by molar-refractivity contribution is 7.23. The monoisotopic (exact) mass is 322 g/mol. The van der Waals surface area contributed by atoms with Crippen molar-refractivity contribution in [2.75, 3.05) is 5.32 Å². The Bertz CT molecular complexity index is 736. The fourth-order valence-electron chi connectivity index (χ4n) is 1.48. The van der Waals surface area contributed by atoms with Gasteiger partial charge in [-0.25, -0.2) is 4.79 Å². The van der Waals surface area contributed by atoms with E-state index in [-0.39, 0.29) is 6.54 Å². The van der Waals surface area contributed by atoms with Crippen LogP contribution in [0.2, 0.25) is 0 Å². The van der Waals surface area contributed by atoms with Crippen LogP contribution in [-0.2, 0) is 6.54 Å². The lowest BCUT2D eigenvalue weighted by atomic mass is 10.5. The maximum atomic E-state index is 11.7. The zero-order valence-electron chi connectivity index (χ0n) is 10.9. The second kappa shape index (κ2) is 5.97. The van der Waals surface area contributed by atoms with E-state index in [4.69, 9.17) is 4.42 Å². The molecule has 3 rings (SSSR count). The van der Waals surface area contributed by atoms with Gasteiger partial charge in [0.05, 0.1) is 11.4 Å². The predicted molar refractivity (Wildman–Crippen MR) is 78.1 cm³/mol. The highest BCUT2D eigenvalue weighted by atomic mass is 32.1. The molecule has 0 bridgehead atoms. The van der Waals surface area contributed by atoms with Crippen molar-refractivity contribution in [1.82, 2.24) is 25.7 Å². The molecule has 108 valence electrons. The summed E-state index contributed by atoms with van der Waals surface area (Å²) in [6.07, 6.45) is 0. The molecule has 8 nitrogen and oxygen atoms in total. The van der Waals surface area contributed by atoms with Gasteiger partial charge < -0.3 is 9.73 Å². The van der Waals surface area contributed by atoms with E-state index in [9.17, 15) is 4.79 Å². The molecule has 0 saturated heterocycles. The Kier molecular flexibility index (Phi) is 3.88. The topological polar surface area (TPSA) is 106 Å². The first-order chi connectivity index (χ1) is 10.2. The highest BCUT2D eigenvalue weighted by Gasteiger charge is 2.11. The van der Waals surface area contributed by atoms with Crippen molar-refractivity contribution in [1.29, 1.82) is 0 Å². The summed E-state index contributed by atoms with van der Waals surface area (Å²) in [7, 11) is 0. The number of amides is 2. The molecule has 3 aromatic heterocycles. The first kappa shape index (κ1) is 13.6. The van der Waals surface area contributed by atoms with Crippen LogP contribution in [0.3, 0.4) is 0 Å². The van der Waals surface area contributed by atoms with Crippen LogP contribution in [0, 0.1) is 6.92 Å². The smallest absolute Gasteiger partial charge is 0.321 e. The van der Waals surface area contributed by atoms with E-state index in [1.54, 1.807) is 18.3 Å². The summed E-state index contributed by atoms with van der Waals surface area (Å²) in [5.41, 5.74) is 0. The number of thiophene rings is 1. The number of urea groups is 1. The molecule has 0 aromatic carbocycles. The van der Waals surface area contributed by atoms with Crippen LogP contribution in [0.5, 0.6) is 0 Å². The number of hydrogen-bond donors (Lipinski definition) is 2. The van der Waals surface area contributed by atoms with E-state index in [0.29, 0.717) is 16.9 Å². The number of aromatic nitrogens is 4. The third kappa shape index (κ3) is 3.41. The lowest BCUT2D eigenvalue weighted by Crippen LogP contribution is -2.28. The molecule has 0 atom stereocenters. The Morgan fingerprint density at radius 2 is 2.24 bits per heavy atom. The van der Waals surface area contributed by atoms with Crippen molar-refractivity contribution in [2.24, 2.45) is 0 Å². The van der Waals surface area contributed by atoms with Gasteiger partial charge in [0.15, 0.2) is 5.01 Å². The molecule has 0 radical (unpaired) electrons. The molecule has 3 aromatic rings. The standard InChI is InChI=1S/C11H10N6O2S2/c1-6-14-15-8(19-6)5-12-10(18)13-11-17-16-9(21-11)7-3-2-4-20-7/h2-4H,5H2,1H3,(H2,12,13,17,18). The average molecular weight is 322 g/mol. The molecule has 2 amide bonds. The molecular weight excluding hydrogens is 312 g/mol. The van der Waals surface area contributed by atoms with Crippen LogP contribution < -0.4 is 10.6 Å². The normalized spacial score (nSPS) is 10.5. The van der Waals surface area contributed by atoms with Crippen LogP contribution in [0.25, 0.3) is 9.88 Å². The van der Waals surface area contributed by atoms with Crippen LogP contribution in [0.1, 0.15) is 11.8 Å². The highest BCUT2D eigenvalue weighted by Crippen LogP contribution is 2.29. The number of carbonyl (C=O) groups excluding carboxylic acids is 1. The Hall–Kier alpha value is -2.33. The summed E-state index contributed by atoms with van der Waals surface area (Å²) >= 11 is 2.88. The fraction of sp³-hybridized carbons (Fsp3) is 0.182. The molecule has 0 unspecified atom stereocenters. The lowest BCUT2D eigenvalue weighted by Gasteiger charge is -2.01. The minimum atomic E-state index is -0.403. The van der Waals surface area contributed by atoms with Gasteiger partial charge in [0.25, 0.3) is 0 Å². The number of anilines is 1. The van der Waals surface area contributed by atoms with E-state index >= 15 is 0 Å². The number of nitrogens with one attached hydrogen (secondary N) is 2. The summed E-state index contributed by atoms with van der Waals surface area (Å²) in [5, 5.41) is 23.8. The second-order valence-electron chi connectivity index (χ2n) is 3.91. The van der Waals surface area contributed by atoms with Crippen molar-refractivity contribution in [3.8, 4) is 9.88 Å². The van der Waals surface area contributed by atoms with Gasteiger partial charge in [-0.1, -0.05) is 17.4 Å². The van der Waals surface area contributed by atoms with Crippen molar-refractivity contribution in [3.05, 3.63) is 29.3 Å². The van der Waals surface area contributed by atoms with E-state index in [1.165, 1.54) is 11.3 Å². The molecule has 0 fully saturated rings. The van der Waals surface area contributed by atoms with Crippen molar-refractivity contribution >= 4 is 33.8 Å². The van der Waals surface area contributed by atoms with E-state index in [0.717, 1.165) is 9.88 Å². The fourth-order valence-corrected chi connectivity index (χ4v) is 3.01. The Morgan fingerprint density at radius 1 is 1.33 bits per heavy atom. The second-order valence-corrected chi connectivity index (χ2v) is 5.84. The van der Waals surface area contributed by atoms with Gasteiger partial charge in [-0.2, -0.15) is 0 Å². The summed E-state index contributed by atoms with van der Waals surface area (Å²) < 4.78 is 5.15. The van der Waals surface area contributed by atoms with Crippen molar-refractivity contribution in [3.63, 3.8) is 0 Å². The molecule has 3 heterocycles. The third-order valence-corrected chi connectivity index (χ3v) is 4.22. The van der Waals surface area contributed by atoms with Crippen molar-refractivity contribution in [2.45, 2.75) is 13.5 Å². The minimum absolute atomic E-state index is 0.156. The zero-order valence-corrected chi connectivity index (χ0v) is 12.5. The molecule has 0 saturated carbocycles. The van der Waals surface area contributed by atoms with Crippen LogP contribution in [0.15, 0.2) is 21.9 Å². The van der Waals surface area contributed by atoms with Gasteiger partial charge >= 0.3 is 6.03 Å². The third-order valence-electron chi connectivity index (χ3n) is 2.35. The molecule has 0 aliphatic rings. The molecule has 2 N–H and O–H groups in total. The number of carbonyl (C=O) groups is 1.